The van der Waals surface area contributed by atoms with Crippen LogP contribution in [0.1, 0.15) is 39.5 Å². The number of aliphatic hydroxyl groups is 1. The van der Waals surface area contributed by atoms with Gasteiger partial charge in [0.25, 0.3) is 0 Å². The van der Waals surface area contributed by atoms with Crippen LogP contribution in [-0.4, -0.2) is 55.7 Å². The van der Waals surface area contributed by atoms with Gasteiger partial charge in [0.2, 0.25) is 15.9 Å². The summed E-state index contributed by atoms with van der Waals surface area (Å²) < 4.78 is 25.0. The first-order chi connectivity index (χ1) is 9.90. The molecule has 1 unspecified atom stereocenters. The number of hydrogen-bond donors (Lipinski definition) is 2. The molecule has 2 N–H and O–H groups in total. The van der Waals surface area contributed by atoms with Crippen molar-refractivity contribution in [2.24, 2.45) is 11.8 Å². The van der Waals surface area contributed by atoms with Crippen LogP contribution in [0.15, 0.2) is 0 Å². The molecule has 0 aromatic heterocycles. The Kier molecular flexibility index (Phi) is 7.62. The molecular weight excluding hydrogens is 292 g/mol. The topological polar surface area (TPSA) is 86.7 Å². The lowest BCUT2D eigenvalue weighted by atomic mass is 9.97. The van der Waals surface area contributed by atoms with E-state index in [0.29, 0.717) is 32.5 Å². The average Bonchev–Trinajstić information content (AvgIpc) is 2.51. The predicted octanol–water partition coefficient (Wildman–Crippen LogP) is 0.573. The van der Waals surface area contributed by atoms with Gasteiger partial charge >= 0.3 is 0 Å². The molecule has 0 bridgehead atoms. The van der Waals surface area contributed by atoms with Crippen molar-refractivity contribution in [3.63, 3.8) is 0 Å². The number of hydrogen-bond acceptors (Lipinski definition) is 4. The molecule has 7 heteroatoms. The average molecular weight is 320 g/mol. The second-order valence-corrected chi connectivity index (χ2v) is 8.05. The van der Waals surface area contributed by atoms with Crippen molar-refractivity contribution in [1.29, 1.82) is 0 Å². The highest BCUT2D eigenvalue weighted by Crippen LogP contribution is 2.20. The van der Waals surface area contributed by atoms with Gasteiger partial charge < -0.3 is 10.4 Å². The largest absolute Gasteiger partial charge is 0.396 e. The number of carbonyl (C=O) groups excluding carboxylic acids is 1. The quantitative estimate of drug-likeness (QED) is 0.640. The van der Waals surface area contributed by atoms with Crippen molar-refractivity contribution in [2.45, 2.75) is 39.5 Å². The van der Waals surface area contributed by atoms with Crippen LogP contribution < -0.4 is 5.32 Å². The van der Waals surface area contributed by atoms with Crippen molar-refractivity contribution in [3.05, 3.63) is 0 Å². The smallest absolute Gasteiger partial charge is 0.223 e. The summed E-state index contributed by atoms with van der Waals surface area (Å²) in [5, 5.41) is 11.8. The van der Waals surface area contributed by atoms with Crippen LogP contribution in [-0.2, 0) is 14.8 Å². The first kappa shape index (κ1) is 18.4. The molecule has 1 atom stereocenters. The third-order valence-electron chi connectivity index (χ3n) is 4.07. The van der Waals surface area contributed by atoms with E-state index < -0.39 is 10.0 Å². The zero-order chi connectivity index (χ0) is 15.9. The van der Waals surface area contributed by atoms with E-state index in [9.17, 15) is 13.2 Å². The number of sulfonamides is 1. The Morgan fingerprint density at radius 2 is 2.00 bits per heavy atom. The van der Waals surface area contributed by atoms with Crippen molar-refractivity contribution in [2.75, 3.05) is 32.0 Å². The molecule has 1 fully saturated rings. The van der Waals surface area contributed by atoms with E-state index in [1.807, 2.05) is 6.92 Å². The molecule has 1 aliphatic heterocycles. The maximum absolute atomic E-state index is 12.0. The zero-order valence-corrected chi connectivity index (χ0v) is 13.9. The van der Waals surface area contributed by atoms with Gasteiger partial charge in [-0.3, -0.25) is 4.79 Å². The van der Waals surface area contributed by atoms with Gasteiger partial charge in [0, 0.05) is 32.2 Å². The predicted molar refractivity (Wildman–Crippen MR) is 82.3 cm³/mol. The molecule has 0 saturated carbocycles. The van der Waals surface area contributed by atoms with Gasteiger partial charge in [-0.25, -0.2) is 12.7 Å². The second-order valence-electron chi connectivity index (χ2n) is 5.79. The molecule has 1 rings (SSSR count). The molecule has 0 aromatic carbocycles. The van der Waals surface area contributed by atoms with E-state index in [4.69, 9.17) is 5.11 Å². The van der Waals surface area contributed by atoms with Crippen LogP contribution in [0, 0.1) is 11.8 Å². The summed E-state index contributed by atoms with van der Waals surface area (Å²) in [7, 11) is -3.13. The second kappa shape index (κ2) is 8.70. The highest BCUT2D eigenvalue weighted by atomic mass is 32.2. The molecule has 1 amide bonds. The highest BCUT2D eigenvalue weighted by Gasteiger charge is 2.29. The molecule has 0 spiro atoms. The van der Waals surface area contributed by atoms with E-state index in [1.54, 1.807) is 6.92 Å². The minimum Gasteiger partial charge on any atom is -0.396 e. The monoisotopic (exact) mass is 320 g/mol. The van der Waals surface area contributed by atoms with Gasteiger partial charge in [0.15, 0.2) is 0 Å². The molecule has 6 nitrogen and oxygen atoms in total. The first-order valence-electron chi connectivity index (χ1n) is 7.77. The Morgan fingerprint density at radius 3 is 2.52 bits per heavy atom. The van der Waals surface area contributed by atoms with Gasteiger partial charge in [0.05, 0.1) is 5.75 Å². The van der Waals surface area contributed by atoms with Crippen molar-refractivity contribution < 1.29 is 18.3 Å². The Balaban J connectivity index is 2.26. The van der Waals surface area contributed by atoms with E-state index in [-0.39, 0.29) is 30.1 Å². The van der Waals surface area contributed by atoms with Gasteiger partial charge in [0.1, 0.15) is 0 Å². The van der Waals surface area contributed by atoms with E-state index in [2.05, 4.69) is 5.32 Å². The summed E-state index contributed by atoms with van der Waals surface area (Å²) in [6.45, 7) is 5.30. The summed E-state index contributed by atoms with van der Waals surface area (Å²) in [5.74, 6) is 0.334. The minimum absolute atomic E-state index is 0.0280. The molecule has 0 radical (unpaired) electrons. The third kappa shape index (κ3) is 5.92. The van der Waals surface area contributed by atoms with E-state index in [0.717, 1.165) is 12.8 Å². The van der Waals surface area contributed by atoms with Gasteiger partial charge in [-0.2, -0.15) is 0 Å². The van der Waals surface area contributed by atoms with Gasteiger partial charge in [-0.15, -0.1) is 0 Å². The lowest BCUT2D eigenvalue weighted by molar-refractivity contribution is -0.126. The minimum atomic E-state index is -3.13. The third-order valence-corrected chi connectivity index (χ3v) is 5.95. The number of aliphatic hydroxyl groups excluding tert-OH is 1. The van der Waals surface area contributed by atoms with Crippen LogP contribution in [0.5, 0.6) is 0 Å². The highest BCUT2D eigenvalue weighted by molar-refractivity contribution is 7.89. The molecule has 124 valence electrons. The fraction of sp³-hybridized carbons (Fsp3) is 0.929. The lowest BCUT2D eigenvalue weighted by Gasteiger charge is -2.30. The normalized spacial score (nSPS) is 19.4. The summed E-state index contributed by atoms with van der Waals surface area (Å²) in [5.41, 5.74) is 0. The van der Waals surface area contributed by atoms with Crippen LogP contribution >= 0.6 is 0 Å². The Morgan fingerprint density at radius 1 is 1.38 bits per heavy atom. The maximum atomic E-state index is 12.0. The van der Waals surface area contributed by atoms with Crippen LogP contribution in [0.4, 0.5) is 0 Å². The molecule has 1 aliphatic rings. The van der Waals surface area contributed by atoms with Gasteiger partial charge in [-0.05, 0) is 38.5 Å². The number of carbonyl (C=O) groups is 1. The molecule has 0 aliphatic carbocycles. The van der Waals surface area contributed by atoms with Crippen LogP contribution in [0.2, 0.25) is 0 Å². The Bertz CT molecular complexity index is 417. The van der Waals surface area contributed by atoms with E-state index >= 15 is 0 Å². The molecule has 21 heavy (non-hydrogen) atoms. The number of nitrogens with zero attached hydrogens (tertiary/aromatic N) is 1. The van der Waals surface area contributed by atoms with E-state index in [1.165, 1.54) is 4.31 Å². The van der Waals surface area contributed by atoms with Crippen molar-refractivity contribution in [3.8, 4) is 0 Å². The summed E-state index contributed by atoms with van der Waals surface area (Å²) >= 11 is 0. The van der Waals surface area contributed by atoms with Crippen molar-refractivity contribution in [1.82, 2.24) is 9.62 Å². The standard InChI is InChI=1S/C14H28N2O4S/c1-3-21(19,20)16-9-6-13(7-10-16)14(18)15-8-4-5-12(2)11-17/h12-13,17H,3-11H2,1-2H3,(H,15,18). The van der Waals surface area contributed by atoms with Crippen LogP contribution in [0.3, 0.4) is 0 Å². The molecular formula is C14H28N2O4S. The summed E-state index contributed by atoms with van der Waals surface area (Å²) in [6, 6.07) is 0. The van der Waals surface area contributed by atoms with Gasteiger partial charge in [-0.1, -0.05) is 6.92 Å². The summed E-state index contributed by atoms with van der Waals surface area (Å²) in [6.07, 6.45) is 2.94. The number of rotatable bonds is 8. The number of amides is 1. The first-order valence-corrected chi connectivity index (χ1v) is 9.38. The van der Waals surface area contributed by atoms with Crippen molar-refractivity contribution >= 4 is 15.9 Å². The molecule has 1 heterocycles. The maximum Gasteiger partial charge on any atom is 0.223 e. The Hall–Kier alpha value is -0.660. The zero-order valence-electron chi connectivity index (χ0n) is 13.0. The summed E-state index contributed by atoms with van der Waals surface area (Å²) in [4.78, 5) is 12.0. The van der Waals surface area contributed by atoms with Crippen LogP contribution in [0.25, 0.3) is 0 Å². The lowest BCUT2D eigenvalue weighted by Crippen LogP contribution is -2.43. The number of nitrogens with one attached hydrogen (secondary N) is 1. The molecule has 1 saturated heterocycles. The molecule has 0 aromatic rings. The fourth-order valence-corrected chi connectivity index (χ4v) is 3.61. The SMILES string of the molecule is CCS(=O)(=O)N1CCC(C(=O)NCCCC(C)CO)CC1. The fourth-order valence-electron chi connectivity index (χ4n) is 2.48. The number of piperidine rings is 1. The Labute approximate surface area is 128 Å².